The number of nitrogens with zero attached hydrogens (tertiary/aromatic N) is 1. The zero-order valence-electron chi connectivity index (χ0n) is 11.5. The second-order valence-electron chi connectivity index (χ2n) is 4.20. The molecule has 0 N–H and O–H groups in total. The fourth-order valence-electron chi connectivity index (χ4n) is 1.88. The Labute approximate surface area is 113 Å². The van der Waals surface area contributed by atoms with E-state index in [0.717, 1.165) is 10.3 Å². The quantitative estimate of drug-likeness (QED) is 0.340. The number of hydrogen-bond donors (Lipinski definition) is 0. The molecule has 0 aliphatic heterocycles. The van der Waals surface area contributed by atoms with Crippen LogP contribution in [0.25, 0.3) is 0 Å². The molecule has 104 valence electrons. The van der Waals surface area contributed by atoms with Gasteiger partial charge in [-0.05, 0) is 12.8 Å². The number of carbonyl (C=O) groups excluding carboxylic acids is 1. The van der Waals surface area contributed by atoms with Crippen molar-refractivity contribution in [3.05, 3.63) is 41.4 Å². The van der Waals surface area contributed by atoms with E-state index < -0.39 is 0 Å². The molecule has 5 heteroatoms. The van der Waals surface area contributed by atoms with E-state index in [1.54, 1.807) is 26.2 Å². The van der Waals surface area contributed by atoms with Gasteiger partial charge in [-0.15, -0.1) is 0 Å². The molecule has 1 atom stereocenters. The topological polar surface area (TPSA) is 62.5 Å². The predicted octanol–water partition coefficient (Wildman–Crippen LogP) is 1.69. The average Bonchev–Trinajstić information content (AvgIpc) is 2.38. The van der Waals surface area contributed by atoms with Crippen LogP contribution in [0, 0.1) is 12.1 Å². The highest BCUT2D eigenvalue weighted by Crippen LogP contribution is 2.21. The maximum Gasteiger partial charge on any atom is 0.303 e. The smallest absolute Gasteiger partial charge is 0.303 e. The Bertz CT molecular complexity index is 471. The summed E-state index contributed by atoms with van der Waals surface area (Å²) in [6.07, 6.45) is 3.76. The summed E-state index contributed by atoms with van der Waals surface area (Å²) in [7, 11) is 1.56. The van der Waals surface area contributed by atoms with Crippen molar-refractivity contribution in [2.24, 2.45) is 0 Å². The number of carbonyl (C=O) groups is 1. The lowest BCUT2D eigenvalue weighted by Crippen LogP contribution is -2.31. The van der Waals surface area contributed by atoms with Crippen molar-refractivity contribution in [1.82, 2.24) is 0 Å². The van der Waals surface area contributed by atoms with Gasteiger partial charge >= 0.3 is 5.97 Å². The molecule has 0 aliphatic rings. The summed E-state index contributed by atoms with van der Waals surface area (Å²) in [6, 6.07) is 1.63. The molecule has 0 bridgehead atoms. The minimum Gasteiger partial charge on any atom is -0.618 e. The molecule has 0 aliphatic carbocycles. The van der Waals surface area contributed by atoms with Crippen LogP contribution in [0.3, 0.4) is 0 Å². The second kappa shape index (κ2) is 6.78. The summed E-state index contributed by atoms with van der Waals surface area (Å²) in [5.74, 6) is 0.316. The molecule has 0 aromatic carbocycles. The van der Waals surface area contributed by atoms with E-state index in [1.165, 1.54) is 13.1 Å². The van der Waals surface area contributed by atoms with Gasteiger partial charge in [0.05, 0.1) is 12.7 Å². The van der Waals surface area contributed by atoms with Gasteiger partial charge in [-0.3, -0.25) is 4.79 Å². The van der Waals surface area contributed by atoms with Gasteiger partial charge in [-0.2, -0.15) is 4.73 Å². The number of hydrogen-bond acceptors (Lipinski definition) is 4. The van der Waals surface area contributed by atoms with Gasteiger partial charge in [-0.25, -0.2) is 0 Å². The number of methoxy groups -OCH3 is 1. The fraction of sp³-hybridized carbons (Fsp3) is 0.429. The minimum absolute atomic E-state index is 0.347. The summed E-state index contributed by atoms with van der Waals surface area (Å²) in [4.78, 5) is 10.9. The first-order valence-corrected chi connectivity index (χ1v) is 6.05. The Morgan fingerprint density at radius 3 is 2.84 bits per heavy atom. The molecule has 0 radical (unpaired) electrons. The first kappa shape index (κ1) is 15.0. The van der Waals surface area contributed by atoms with Crippen molar-refractivity contribution in [2.45, 2.75) is 32.8 Å². The summed E-state index contributed by atoms with van der Waals surface area (Å²) in [5.41, 5.74) is 1.41. The minimum atomic E-state index is -0.359. The Balaban J connectivity index is 2.84. The van der Waals surface area contributed by atoms with Gasteiger partial charge in [0.25, 0.3) is 0 Å². The summed E-state index contributed by atoms with van der Waals surface area (Å²) >= 11 is 0. The van der Waals surface area contributed by atoms with E-state index in [1.807, 2.05) is 0 Å². The van der Waals surface area contributed by atoms with Crippen molar-refractivity contribution in [3.63, 3.8) is 0 Å². The lowest BCUT2D eigenvalue weighted by atomic mass is 10.0. The van der Waals surface area contributed by atoms with Crippen molar-refractivity contribution in [2.75, 3.05) is 7.11 Å². The van der Waals surface area contributed by atoms with Crippen LogP contribution in [0.1, 0.15) is 24.6 Å². The summed E-state index contributed by atoms with van der Waals surface area (Å²) in [6.45, 7) is 6.73. The van der Waals surface area contributed by atoms with Crippen LogP contribution >= 0.6 is 0 Å². The number of esters is 1. The second-order valence-corrected chi connectivity index (χ2v) is 4.20. The third-order valence-corrected chi connectivity index (χ3v) is 2.91. The molecular weight excluding hydrogens is 246 g/mol. The normalized spacial score (nSPS) is 11.7. The Morgan fingerprint density at radius 1 is 1.63 bits per heavy atom. The molecule has 19 heavy (non-hydrogen) atoms. The van der Waals surface area contributed by atoms with Crippen LogP contribution in [0.4, 0.5) is 0 Å². The fourth-order valence-corrected chi connectivity index (χ4v) is 1.88. The molecular formula is C14H19NO4. The van der Waals surface area contributed by atoms with E-state index in [0.29, 0.717) is 24.3 Å². The molecule has 1 rings (SSSR count). The van der Waals surface area contributed by atoms with Gasteiger partial charge in [0.1, 0.15) is 11.9 Å². The van der Waals surface area contributed by atoms with E-state index in [9.17, 15) is 10.0 Å². The zero-order chi connectivity index (χ0) is 14.4. The molecule has 5 nitrogen and oxygen atoms in total. The molecule has 1 unspecified atom stereocenters. The highest BCUT2D eigenvalue weighted by atomic mass is 16.5. The van der Waals surface area contributed by atoms with Crippen LogP contribution in [-0.2, 0) is 16.0 Å². The number of aromatic nitrogens is 1. The molecule has 1 aromatic heterocycles. The predicted molar refractivity (Wildman–Crippen MR) is 70.8 cm³/mol. The lowest BCUT2D eigenvalue weighted by Gasteiger charge is -2.15. The first-order valence-electron chi connectivity index (χ1n) is 6.05. The Morgan fingerprint density at radius 2 is 2.32 bits per heavy atom. The third-order valence-electron chi connectivity index (χ3n) is 2.91. The first-order chi connectivity index (χ1) is 8.99. The number of rotatable bonds is 6. The van der Waals surface area contributed by atoms with Crippen molar-refractivity contribution >= 4 is 5.97 Å². The van der Waals surface area contributed by atoms with Crippen molar-refractivity contribution < 1.29 is 19.0 Å². The molecule has 1 aromatic rings. The molecule has 1 heterocycles. The maximum atomic E-state index is 11.6. The summed E-state index contributed by atoms with van der Waals surface area (Å²) < 4.78 is 11.1. The highest BCUT2D eigenvalue weighted by molar-refractivity contribution is 5.66. The monoisotopic (exact) mass is 265 g/mol. The average molecular weight is 265 g/mol. The number of pyridine rings is 1. The lowest BCUT2D eigenvalue weighted by molar-refractivity contribution is -0.612. The molecule has 0 amide bonds. The Kier molecular flexibility index (Phi) is 5.36. The molecule has 0 saturated carbocycles. The van der Waals surface area contributed by atoms with Gasteiger partial charge in [-0.1, -0.05) is 12.7 Å². The van der Waals surface area contributed by atoms with Gasteiger partial charge in [0.15, 0.2) is 11.9 Å². The van der Waals surface area contributed by atoms with E-state index in [2.05, 4.69) is 6.58 Å². The standard InChI is InChI=1S/C14H19NO4/c1-5-12(19-11(3)16)6-7-13-10(2)15(17)9-8-14(13)18-4/h5,8-9,12H,1,6-7H2,2-4H3. The Hall–Kier alpha value is -2.04. The molecule has 0 spiro atoms. The van der Waals surface area contributed by atoms with Gasteiger partial charge < -0.3 is 14.7 Å². The largest absolute Gasteiger partial charge is 0.618 e. The highest BCUT2D eigenvalue weighted by Gasteiger charge is 2.16. The molecule has 0 saturated heterocycles. The van der Waals surface area contributed by atoms with Crippen molar-refractivity contribution in [1.29, 1.82) is 0 Å². The maximum absolute atomic E-state index is 11.6. The van der Waals surface area contributed by atoms with Crippen LogP contribution in [0.15, 0.2) is 24.9 Å². The van der Waals surface area contributed by atoms with Crippen LogP contribution in [0.5, 0.6) is 5.75 Å². The van der Waals surface area contributed by atoms with E-state index in [-0.39, 0.29) is 12.1 Å². The van der Waals surface area contributed by atoms with Crippen LogP contribution < -0.4 is 9.47 Å². The van der Waals surface area contributed by atoms with E-state index in [4.69, 9.17) is 9.47 Å². The number of ether oxygens (including phenoxy) is 2. The van der Waals surface area contributed by atoms with Gasteiger partial charge in [0, 0.05) is 19.9 Å². The van der Waals surface area contributed by atoms with Crippen molar-refractivity contribution in [3.8, 4) is 5.75 Å². The van der Waals surface area contributed by atoms with Crippen LogP contribution in [-0.4, -0.2) is 19.2 Å². The van der Waals surface area contributed by atoms with Crippen LogP contribution in [0.2, 0.25) is 0 Å². The SMILES string of the molecule is C=CC(CCc1c(OC)cc[n+]([O-])c1C)OC(C)=O. The third kappa shape index (κ3) is 3.98. The van der Waals surface area contributed by atoms with E-state index >= 15 is 0 Å². The molecule has 0 fully saturated rings. The van der Waals surface area contributed by atoms with Gasteiger partial charge in [0.2, 0.25) is 0 Å². The zero-order valence-corrected chi connectivity index (χ0v) is 11.5. The summed E-state index contributed by atoms with van der Waals surface area (Å²) in [5, 5.41) is 11.6.